The lowest BCUT2D eigenvalue weighted by Crippen LogP contribution is -2.41. The fourth-order valence-corrected chi connectivity index (χ4v) is 4.38. The summed E-state index contributed by atoms with van der Waals surface area (Å²) < 4.78 is 5.18. The molecular weight excluding hydrogens is 535 g/mol. The van der Waals surface area contributed by atoms with E-state index in [1.165, 1.54) is 10.4 Å². The van der Waals surface area contributed by atoms with Gasteiger partial charge in [-0.05, 0) is 54.5 Å². The zero-order valence-corrected chi connectivity index (χ0v) is 21.1. The number of fused-ring (bicyclic) bond motifs is 1. The zero-order chi connectivity index (χ0) is 20.6. The van der Waals surface area contributed by atoms with E-state index in [0.717, 1.165) is 37.2 Å². The number of halogens is 2. The lowest BCUT2D eigenvalue weighted by Gasteiger charge is -2.26. The summed E-state index contributed by atoms with van der Waals surface area (Å²) in [5, 5.41) is 9.24. The van der Waals surface area contributed by atoms with Gasteiger partial charge in [-0.25, -0.2) is 4.99 Å². The first-order valence-corrected chi connectivity index (χ1v) is 11.0. The van der Waals surface area contributed by atoms with E-state index in [4.69, 9.17) is 16.3 Å². The number of thiophene rings is 1. The van der Waals surface area contributed by atoms with Crippen molar-refractivity contribution in [2.45, 2.75) is 26.3 Å². The first-order valence-electron chi connectivity index (χ1n) is 9.78. The Morgan fingerprint density at radius 1 is 1.33 bits per heavy atom. The normalized spacial score (nSPS) is 13.3. The summed E-state index contributed by atoms with van der Waals surface area (Å²) in [6.07, 6.45) is 1.68. The van der Waals surface area contributed by atoms with Crippen LogP contribution >= 0.6 is 46.9 Å². The Morgan fingerprint density at radius 3 is 2.90 bits per heavy atom. The van der Waals surface area contributed by atoms with Gasteiger partial charge in [0.05, 0.1) is 7.11 Å². The zero-order valence-electron chi connectivity index (χ0n) is 17.2. The van der Waals surface area contributed by atoms with Crippen LogP contribution in [0, 0.1) is 0 Å². The van der Waals surface area contributed by atoms with E-state index in [1.54, 1.807) is 18.4 Å². The van der Waals surface area contributed by atoms with Crippen LogP contribution in [0.15, 0.2) is 34.6 Å². The molecule has 0 saturated heterocycles. The SMILES string of the molecule is CCNC(=NCC(=O)N1CCc2sccc2C1)NCCc1ccc(OC)cc1Cl.I. The summed E-state index contributed by atoms with van der Waals surface area (Å²) in [5.74, 6) is 1.43. The van der Waals surface area contributed by atoms with Crippen molar-refractivity contribution < 1.29 is 9.53 Å². The molecule has 30 heavy (non-hydrogen) atoms. The van der Waals surface area contributed by atoms with Gasteiger partial charge >= 0.3 is 0 Å². The second kappa shape index (κ2) is 12.4. The highest BCUT2D eigenvalue weighted by Crippen LogP contribution is 2.24. The number of hydrogen-bond acceptors (Lipinski definition) is 4. The molecule has 2 N–H and O–H groups in total. The Morgan fingerprint density at radius 2 is 2.17 bits per heavy atom. The van der Waals surface area contributed by atoms with Gasteiger partial charge in [0.25, 0.3) is 0 Å². The van der Waals surface area contributed by atoms with Gasteiger partial charge < -0.3 is 20.3 Å². The van der Waals surface area contributed by atoms with Crippen LogP contribution in [0.1, 0.15) is 22.9 Å². The number of guanidine groups is 1. The van der Waals surface area contributed by atoms with Crippen molar-refractivity contribution in [2.75, 3.05) is 33.3 Å². The number of hydrogen-bond donors (Lipinski definition) is 2. The standard InChI is InChI=1S/C21H27ClN4O2S.HI/c1-3-23-21(24-9-6-15-4-5-17(28-2)12-18(15)22)25-13-20(27)26-10-7-19-16(14-26)8-11-29-19;/h4-5,8,11-12H,3,6-7,9-10,13-14H2,1-2H3,(H2,23,24,25);1H. The first kappa shape index (κ1) is 24.7. The minimum Gasteiger partial charge on any atom is -0.497 e. The van der Waals surface area contributed by atoms with Crippen molar-refractivity contribution >= 4 is 58.8 Å². The maximum atomic E-state index is 12.6. The van der Waals surface area contributed by atoms with Gasteiger partial charge in [0.15, 0.2) is 5.96 Å². The number of aliphatic imine (C=N–C) groups is 1. The smallest absolute Gasteiger partial charge is 0.244 e. The fraction of sp³-hybridized carbons (Fsp3) is 0.429. The Kier molecular flexibility index (Phi) is 10.2. The lowest BCUT2D eigenvalue weighted by atomic mass is 10.1. The number of rotatable bonds is 7. The monoisotopic (exact) mass is 562 g/mol. The fourth-order valence-electron chi connectivity index (χ4n) is 3.22. The molecule has 1 amide bonds. The Hall–Kier alpha value is -1.52. The van der Waals surface area contributed by atoms with Crippen molar-refractivity contribution in [3.05, 3.63) is 50.7 Å². The molecule has 0 saturated carbocycles. The summed E-state index contributed by atoms with van der Waals surface area (Å²) in [5.41, 5.74) is 2.30. The minimum absolute atomic E-state index is 0. The minimum atomic E-state index is 0. The summed E-state index contributed by atoms with van der Waals surface area (Å²) in [7, 11) is 1.62. The van der Waals surface area contributed by atoms with E-state index >= 15 is 0 Å². The third kappa shape index (κ3) is 6.75. The van der Waals surface area contributed by atoms with E-state index in [-0.39, 0.29) is 36.4 Å². The van der Waals surface area contributed by atoms with Crippen LogP contribution in [0.2, 0.25) is 5.02 Å². The molecule has 9 heteroatoms. The van der Waals surface area contributed by atoms with Crippen LogP contribution in [-0.2, 0) is 24.2 Å². The van der Waals surface area contributed by atoms with Crippen molar-refractivity contribution in [2.24, 2.45) is 4.99 Å². The van der Waals surface area contributed by atoms with Crippen LogP contribution in [0.4, 0.5) is 0 Å². The maximum Gasteiger partial charge on any atom is 0.244 e. The second-order valence-corrected chi connectivity index (χ2v) is 8.17. The van der Waals surface area contributed by atoms with Crippen molar-refractivity contribution in [1.29, 1.82) is 0 Å². The van der Waals surface area contributed by atoms with Gasteiger partial charge in [0.2, 0.25) is 5.91 Å². The molecule has 6 nitrogen and oxygen atoms in total. The third-order valence-corrected chi connectivity index (χ3v) is 6.20. The molecule has 0 atom stereocenters. The van der Waals surface area contributed by atoms with Gasteiger partial charge in [0.1, 0.15) is 12.3 Å². The maximum absolute atomic E-state index is 12.6. The van der Waals surface area contributed by atoms with Crippen LogP contribution in [0.3, 0.4) is 0 Å². The highest BCUT2D eigenvalue weighted by Gasteiger charge is 2.21. The van der Waals surface area contributed by atoms with Crippen LogP contribution < -0.4 is 15.4 Å². The van der Waals surface area contributed by atoms with Gasteiger partial charge in [-0.2, -0.15) is 0 Å². The van der Waals surface area contributed by atoms with E-state index in [0.29, 0.717) is 24.1 Å². The molecule has 1 aliphatic heterocycles. The second-order valence-electron chi connectivity index (χ2n) is 6.76. The number of ether oxygens (including phenoxy) is 1. The predicted molar refractivity (Wildman–Crippen MR) is 135 cm³/mol. The number of amides is 1. The highest BCUT2D eigenvalue weighted by molar-refractivity contribution is 14.0. The molecule has 2 aromatic rings. The van der Waals surface area contributed by atoms with E-state index in [9.17, 15) is 4.79 Å². The molecule has 0 spiro atoms. The van der Waals surface area contributed by atoms with Crippen molar-refractivity contribution in [3.63, 3.8) is 0 Å². The van der Waals surface area contributed by atoms with Crippen LogP contribution in [0.5, 0.6) is 5.75 Å². The number of nitrogens with one attached hydrogen (secondary N) is 2. The van der Waals surface area contributed by atoms with Gasteiger partial charge in [0, 0.05) is 36.1 Å². The number of methoxy groups -OCH3 is 1. The van der Waals surface area contributed by atoms with Crippen molar-refractivity contribution in [1.82, 2.24) is 15.5 Å². The van der Waals surface area contributed by atoms with Gasteiger partial charge in [-0.1, -0.05) is 17.7 Å². The molecule has 0 aliphatic carbocycles. The molecule has 1 aromatic heterocycles. The predicted octanol–water partition coefficient (Wildman–Crippen LogP) is 3.71. The largest absolute Gasteiger partial charge is 0.497 e. The average Bonchev–Trinajstić information content (AvgIpc) is 3.20. The number of carbonyl (C=O) groups is 1. The summed E-state index contributed by atoms with van der Waals surface area (Å²) >= 11 is 8.07. The molecule has 0 radical (unpaired) electrons. The first-order chi connectivity index (χ1) is 14.1. The molecule has 0 fully saturated rings. The quantitative estimate of drug-likeness (QED) is 0.307. The molecule has 3 rings (SSSR count). The molecule has 1 aromatic carbocycles. The Labute approximate surface area is 204 Å². The van der Waals surface area contributed by atoms with E-state index in [1.807, 2.05) is 30.0 Å². The molecule has 164 valence electrons. The molecule has 2 heterocycles. The molecule has 0 unspecified atom stereocenters. The van der Waals surface area contributed by atoms with Crippen LogP contribution in [-0.4, -0.2) is 50.1 Å². The number of carbonyl (C=O) groups excluding carboxylic acids is 1. The number of nitrogens with zero attached hydrogens (tertiary/aromatic N) is 2. The molecular formula is C21H28ClIN4O2S. The summed E-state index contributed by atoms with van der Waals surface area (Å²) in [6.45, 7) is 4.98. The van der Waals surface area contributed by atoms with Gasteiger partial charge in [-0.3, -0.25) is 4.79 Å². The number of benzene rings is 1. The summed E-state index contributed by atoms with van der Waals surface area (Å²) in [6, 6.07) is 7.78. The van der Waals surface area contributed by atoms with Crippen LogP contribution in [0.25, 0.3) is 0 Å². The molecule has 0 bridgehead atoms. The molecule has 1 aliphatic rings. The Balaban J connectivity index is 0.00000320. The summed E-state index contributed by atoms with van der Waals surface area (Å²) in [4.78, 5) is 20.3. The highest BCUT2D eigenvalue weighted by atomic mass is 127. The average molecular weight is 563 g/mol. The lowest BCUT2D eigenvalue weighted by molar-refractivity contribution is -0.130. The van der Waals surface area contributed by atoms with E-state index in [2.05, 4.69) is 27.1 Å². The van der Waals surface area contributed by atoms with E-state index < -0.39 is 0 Å². The van der Waals surface area contributed by atoms with Gasteiger partial charge in [-0.15, -0.1) is 35.3 Å². The topological polar surface area (TPSA) is 66.0 Å². The third-order valence-electron chi connectivity index (χ3n) is 4.82. The Bertz CT molecular complexity index is 874. The van der Waals surface area contributed by atoms with Crippen molar-refractivity contribution in [3.8, 4) is 5.75 Å².